The molecule has 1 saturated heterocycles. The number of pyridine rings is 1. The molecule has 1 aliphatic rings. The van der Waals surface area contributed by atoms with Crippen molar-refractivity contribution in [2.45, 2.75) is 25.1 Å². The maximum atomic E-state index is 12.8. The van der Waals surface area contributed by atoms with E-state index in [4.69, 9.17) is 16.3 Å². The number of alkyl halides is 3. The maximum absolute atomic E-state index is 12.8. The monoisotopic (exact) mass is 385 g/mol. The summed E-state index contributed by atoms with van der Waals surface area (Å²) in [5, 5.41) is 5.56. The molecule has 1 unspecified atom stereocenters. The number of ether oxygens (including phenoxy) is 1. The van der Waals surface area contributed by atoms with E-state index in [9.17, 15) is 18.0 Å². The van der Waals surface area contributed by atoms with Gasteiger partial charge >= 0.3 is 6.18 Å². The summed E-state index contributed by atoms with van der Waals surface area (Å²) in [7, 11) is 0. The van der Waals surface area contributed by atoms with Crippen LogP contribution in [0.15, 0.2) is 36.5 Å². The van der Waals surface area contributed by atoms with Crippen molar-refractivity contribution in [3.8, 4) is 0 Å². The van der Waals surface area contributed by atoms with Crippen LogP contribution in [0.2, 0.25) is 5.02 Å². The zero-order valence-electron chi connectivity index (χ0n) is 13.4. The Balaban J connectivity index is 1.68. The van der Waals surface area contributed by atoms with Gasteiger partial charge < -0.3 is 15.4 Å². The van der Waals surface area contributed by atoms with Gasteiger partial charge in [0, 0.05) is 6.61 Å². The van der Waals surface area contributed by atoms with E-state index in [1.54, 1.807) is 6.07 Å². The Labute approximate surface area is 152 Å². The summed E-state index contributed by atoms with van der Waals surface area (Å²) in [6.45, 7) is 0.566. The number of carbonyl (C=O) groups excluding carboxylic acids is 1. The van der Waals surface area contributed by atoms with Crippen molar-refractivity contribution >= 4 is 34.7 Å². The Morgan fingerprint density at radius 1 is 1.27 bits per heavy atom. The van der Waals surface area contributed by atoms with Crippen LogP contribution in [0.5, 0.6) is 0 Å². The number of hydrogen-bond donors (Lipinski definition) is 2. The molecular formula is C17H15ClF3N3O2. The molecule has 0 bridgehead atoms. The Kier molecular flexibility index (Phi) is 5.33. The average Bonchev–Trinajstić information content (AvgIpc) is 3.12. The van der Waals surface area contributed by atoms with Gasteiger partial charge in [-0.1, -0.05) is 11.6 Å². The van der Waals surface area contributed by atoms with Crippen LogP contribution in [0.3, 0.4) is 0 Å². The van der Waals surface area contributed by atoms with Crippen LogP contribution in [-0.2, 0) is 15.7 Å². The van der Waals surface area contributed by atoms with Crippen molar-refractivity contribution in [3.05, 3.63) is 47.1 Å². The van der Waals surface area contributed by atoms with Crippen LogP contribution in [-0.4, -0.2) is 23.6 Å². The number of aromatic nitrogens is 1. The molecule has 0 aliphatic carbocycles. The molecule has 5 nitrogen and oxygen atoms in total. The Morgan fingerprint density at radius 2 is 2.08 bits per heavy atom. The molecule has 3 rings (SSSR count). The summed E-state index contributed by atoms with van der Waals surface area (Å²) in [6.07, 6.45) is -2.01. The van der Waals surface area contributed by atoms with E-state index in [2.05, 4.69) is 15.6 Å². The SMILES string of the molecule is O=C(Nc1ccc(Nc2cc(C(F)(F)F)ccc2Cl)nc1)C1CCCO1. The van der Waals surface area contributed by atoms with Gasteiger partial charge in [0.1, 0.15) is 11.9 Å². The third-order valence-corrected chi connectivity index (χ3v) is 4.14. The van der Waals surface area contributed by atoms with Crippen molar-refractivity contribution in [3.63, 3.8) is 0 Å². The van der Waals surface area contributed by atoms with Crippen LogP contribution in [0.1, 0.15) is 18.4 Å². The van der Waals surface area contributed by atoms with Crippen LogP contribution in [0.4, 0.5) is 30.4 Å². The van der Waals surface area contributed by atoms with E-state index in [1.165, 1.54) is 18.3 Å². The number of amides is 1. The number of rotatable bonds is 4. The topological polar surface area (TPSA) is 63.2 Å². The van der Waals surface area contributed by atoms with Crippen LogP contribution in [0, 0.1) is 0 Å². The summed E-state index contributed by atoms with van der Waals surface area (Å²) >= 11 is 5.94. The second kappa shape index (κ2) is 7.51. The first kappa shape index (κ1) is 18.5. The molecule has 1 aromatic carbocycles. The normalized spacial score (nSPS) is 17.2. The highest BCUT2D eigenvalue weighted by molar-refractivity contribution is 6.33. The first-order valence-electron chi connectivity index (χ1n) is 7.85. The van der Waals surface area contributed by atoms with Gasteiger partial charge in [0.05, 0.1) is 28.2 Å². The summed E-state index contributed by atoms with van der Waals surface area (Å²) in [5.41, 5.74) is -0.263. The van der Waals surface area contributed by atoms with E-state index in [0.717, 1.165) is 18.6 Å². The van der Waals surface area contributed by atoms with E-state index in [-0.39, 0.29) is 16.6 Å². The number of nitrogens with one attached hydrogen (secondary N) is 2. The van der Waals surface area contributed by atoms with E-state index < -0.39 is 17.8 Å². The van der Waals surface area contributed by atoms with Crippen molar-refractivity contribution in [1.82, 2.24) is 4.98 Å². The van der Waals surface area contributed by atoms with Gasteiger partial charge in [-0.3, -0.25) is 4.79 Å². The van der Waals surface area contributed by atoms with Gasteiger partial charge in [0.25, 0.3) is 5.91 Å². The van der Waals surface area contributed by atoms with Crippen molar-refractivity contribution in [1.29, 1.82) is 0 Å². The second-order valence-corrected chi connectivity index (χ2v) is 6.15. The Hall–Kier alpha value is -2.32. The zero-order chi connectivity index (χ0) is 18.7. The fourth-order valence-corrected chi connectivity index (χ4v) is 2.65. The number of nitrogens with zero attached hydrogens (tertiary/aromatic N) is 1. The van der Waals surface area contributed by atoms with Crippen molar-refractivity contribution < 1.29 is 22.7 Å². The fourth-order valence-electron chi connectivity index (χ4n) is 2.48. The molecule has 9 heteroatoms. The molecule has 1 aliphatic heterocycles. The molecule has 2 N–H and O–H groups in total. The summed E-state index contributed by atoms with van der Waals surface area (Å²) in [5.74, 6) is 0.0484. The summed E-state index contributed by atoms with van der Waals surface area (Å²) in [6, 6.07) is 6.11. The summed E-state index contributed by atoms with van der Waals surface area (Å²) < 4.78 is 43.7. The van der Waals surface area contributed by atoms with Gasteiger partial charge in [-0.25, -0.2) is 4.98 Å². The standard InChI is InChI=1S/C17H15ClF3N3O2/c18-12-5-3-10(17(19,20)21)8-13(12)24-15-6-4-11(9-22-15)23-16(25)14-2-1-7-26-14/h3-6,8-9,14H,1-2,7H2,(H,22,24)(H,23,25). The largest absolute Gasteiger partial charge is 0.416 e. The lowest BCUT2D eigenvalue weighted by molar-refractivity contribution is -0.137. The minimum atomic E-state index is -4.47. The van der Waals surface area contributed by atoms with Crippen LogP contribution >= 0.6 is 11.6 Å². The average molecular weight is 386 g/mol. The van der Waals surface area contributed by atoms with Gasteiger partial charge in [0.2, 0.25) is 0 Å². The van der Waals surface area contributed by atoms with Gasteiger partial charge in [-0.2, -0.15) is 13.2 Å². The highest BCUT2D eigenvalue weighted by Gasteiger charge is 2.31. The van der Waals surface area contributed by atoms with Crippen molar-refractivity contribution in [2.75, 3.05) is 17.2 Å². The number of anilines is 3. The van der Waals surface area contributed by atoms with Gasteiger partial charge in [-0.15, -0.1) is 0 Å². The molecule has 26 heavy (non-hydrogen) atoms. The molecular weight excluding hydrogens is 371 g/mol. The minimum absolute atomic E-state index is 0.0881. The lowest BCUT2D eigenvalue weighted by Crippen LogP contribution is -2.26. The molecule has 1 amide bonds. The predicted octanol–water partition coefficient (Wildman–Crippen LogP) is 4.61. The molecule has 2 aromatic rings. The zero-order valence-corrected chi connectivity index (χ0v) is 14.2. The van der Waals surface area contributed by atoms with Gasteiger partial charge in [0.15, 0.2) is 0 Å². The third-order valence-electron chi connectivity index (χ3n) is 3.81. The fraction of sp³-hybridized carbons (Fsp3) is 0.294. The van der Waals surface area contributed by atoms with Crippen LogP contribution < -0.4 is 10.6 Å². The third kappa shape index (κ3) is 4.44. The predicted molar refractivity (Wildman–Crippen MR) is 91.6 cm³/mol. The Bertz CT molecular complexity index is 791. The van der Waals surface area contributed by atoms with E-state index >= 15 is 0 Å². The smallest absolute Gasteiger partial charge is 0.368 e. The minimum Gasteiger partial charge on any atom is -0.368 e. The molecule has 1 fully saturated rings. The first-order chi connectivity index (χ1) is 12.3. The van der Waals surface area contributed by atoms with E-state index in [1.807, 2.05) is 0 Å². The number of carbonyl (C=O) groups is 1. The quantitative estimate of drug-likeness (QED) is 0.806. The number of hydrogen-bond acceptors (Lipinski definition) is 4. The highest BCUT2D eigenvalue weighted by atomic mass is 35.5. The van der Waals surface area contributed by atoms with E-state index in [0.29, 0.717) is 24.5 Å². The Morgan fingerprint density at radius 3 is 2.69 bits per heavy atom. The molecule has 0 spiro atoms. The maximum Gasteiger partial charge on any atom is 0.416 e. The molecule has 1 atom stereocenters. The van der Waals surface area contributed by atoms with Crippen molar-refractivity contribution in [2.24, 2.45) is 0 Å². The number of halogens is 4. The lowest BCUT2D eigenvalue weighted by atomic mass is 10.2. The lowest BCUT2D eigenvalue weighted by Gasteiger charge is -2.13. The molecule has 0 radical (unpaired) electrons. The first-order valence-corrected chi connectivity index (χ1v) is 8.23. The molecule has 138 valence electrons. The second-order valence-electron chi connectivity index (χ2n) is 5.74. The molecule has 1 aromatic heterocycles. The van der Waals surface area contributed by atoms with Gasteiger partial charge in [-0.05, 0) is 43.2 Å². The molecule has 2 heterocycles. The van der Waals surface area contributed by atoms with Crippen LogP contribution in [0.25, 0.3) is 0 Å². The molecule has 0 saturated carbocycles. The summed E-state index contributed by atoms with van der Waals surface area (Å²) in [4.78, 5) is 16.0. The number of benzene rings is 1. The highest BCUT2D eigenvalue weighted by Crippen LogP contribution is 2.34.